The van der Waals surface area contributed by atoms with Gasteiger partial charge in [0.2, 0.25) is 0 Å². The third kappa shape index (κ3) is 5.74. The van der Waals surface area contributed by atoms with Crippen LogP contribution in [-0.4, -0.2) is 28.0 Å². The molecule has 0 aromatic heterocycles. The molecule has 0 rings (SSSR count). The maximum Gasteiger partial charge on any atom is 0.333 e. The number of hydrogen-bond acceptors (Lipinski definition) is 3. The number of carbonyl (C=O) groups excluding carboxylic acids is 1. The first-order valence-corrected chi connectivity index (χ1v) is 8.15. The second-order valence-corrected chi connectivity index (χ2v) is 8.38. The summed E-state index contributed by atoms with van der Waals surface area (Å²) in [6, 6.07) is 1.96. The van der Waals surface area contributed by atoms with Crippen molar-refractivity contribution < 1.29 is 14.0 Å². The van der Waals surface area contributed by atoms with E-state index in [2.05, 4.69) is 20.0 Å². The summed E-state index contributed by atoms with van der Waals surface area (Å²) >= 11 is 0. The van der Waals surface area contributed by atoms with Gasteiger partial charge in [-0.15, -0.1) is 0 Å². The van der Waals surface area contributed by atoms with Crippen molar-refractivity contribution in [3.8, 4) is 0 Å². The average Bonchev–Trinajstić information content (AvgIpc) is 2.18. The Morgan fingerprint density at radius 2 is 2.00 bits per heavy atom. The Bertz CT molecular complexity index is 228. The van der Waals surface area contributed by atoms with Crippen LogP contribution in [0.1, 0.15) is 20.3 Å². The van der Waals surface area contributed by atoms with Crippen LogP contribution in [0.15, 0.2) is 12.2 Å². The highest BCUT2D eigenvalue weighted by atomic mass is 28.4. The van der Waals surface area contributed by atoms with Crippen LogP contribution in [0.4, 0.5) is 0 Å². The molecule has 15 heavy (non-hydrogen) atoms. The third-order valence-electron chi connectivity index (χ3n) is 2.48. The molecule has 0 saturated heterocycles. The Balaban J connectivity index is 3.91. The van der Waals surface area contributed by atoms with Crippen molar-refractivity contribution in [3.05, 3.63) is 12.2 Å². The van der Waals surface area contributed by atoms with Gasteiger partial charge in [-0.05, 0) is 19.5 Å². The van der Waals surface area contributed by atoms with Crippen molar-refractivity contribution in [2.45, 2.75) is 38.9 Å². The maximum absolute atomic E-state index is 11.1. The molecule has 0 radical (unpaired) electrons. The Hall–Kier alpha value is -0.613. The second kappa shape index (κ2) is 6.79. The monoisotopic (exact) mass is 230 g/mol. The van der Waals surface area contributed by atoms with Crippen molar-refractivity contribution in [3.63, 3.8) is 0 Å². The van der Waals surface area contributed by atoms with Gasteiger partial charge in [-0.2, -0.15) is 0 Å². The molecule has 1 unspecified atom stereocenters. The van der Waals surface area contributed by atoms with E-state index in [1.807, 2.05) is 0 Å². The largest absolute Gasteiger partial charge is 0.463 e. The average molecular weight is 230 g/mol. The lowest BCUT2D eigenvalue weighted by Crippen LogP contribution is -2.34. The van der Waals surface area contributed by atoms with Crippen LogP contribution in [0.3, 0.4) is 0 Å². The first-order valence-electron chi connectivity index (χ1n) is 5.33. The van der Waals surface area contributed by atoms with Gasteiger partial charge in [0.05, 0.1) is 6.61 Å². The molecule has 1 atom stereocenters. The minimum absolute atomic E-state index is 0.307. The molecule has 0 spiro atoms. The van der Waals surface area contributed by atoms with Gasteiger partial charge in [0, 0.05) is 18.7 Å². The molecular formula is C11H22O3Si. The Labute approximate surface area is 93.6 Å². The van der Waals surface area contributed by atoms with E-state index >= 15 is 0 Å². The van der Waals surface area contributed by atoms with Crippen molar-refractivity contribution in [1.82, 2.24) is 0 Å². The summed E-state index contributed by atoms with van der Waals surface area (Å²) in [5, 5.41) is 0. The summed E-state index contributed by atoms with van der Waals surface area (Å²) in [4.78, 5) is 11.1. The highest BCUT2D eigenvalue weighted by Crippen LogP contribution is 2.18. The quantitative estimate of drug-likeness (QED) is 0.383. The number of carbonyl (C=O) groups is 1. The molecule has 0 aliphatic rings. The van der Waals surface area contributed by atoms with Gasteiger partial charge in [-0.1, -0.05) is 19.9 Å². The van der Waals surface area contributed by atoms with Crippen LogP contribution < -0.4 is 0 Å². The molecule has 0 aliphatic heterocycles. The van der Waals surface area contributed by atoms with E-state index in [4.69, 9.17) is 9.16 Å². The van der Waals surface area contributed by atoms with Gasteiger partial charge < -0.3 is 9.16 Å². The maximum atomic E-state index is 11.1. The zero-order valence-electron chi connectivity index (χ0n) is 10.3. The molecule has 0 heterocycles. The van der Waals surface area contributed by atoms with Crippen LogP contribution in [0.25, 0.3) is 0 Å². The minimum Gasteiger partial charge on any atom is -0.463 e. The Morgan fingerprint density at radius 1 is 1.40 bits per heavy atom. The lowest BCUT2D eigenvalue weighted by molar-refractivity contribution is -0.138. The van der Waals surface area contributed by atoms with Crippen molar-refractivity contribution in [2.75, 3.05) is 13.7 Å². The third-order valence-corrected chi connectivity index (χ3v) is 6.29. The second-order valence-electron chi connectivity index (χ2n) is 4.07. The predicted octanol–water partition coefficient (Wildman–Crippen LogP) is 2.74. The van der Waals surface area contributed by atoms with E-state index in [1.165, 1.54) is 0 Å². The van der Waals surface area contributed by atoms with Gasteiger partial charge in [-0.3, -0.25) is 0 Å². The number of esters is 1. The van der Waals surface area contributed by atoms with Crippen molar-refractivity contribution in [1.29, 1.82) is 0 Å². The first-order chi connectivity index (χ1) is 6.95. The smallest absolute Gasteiger partial charge is 0.333 e. The summed E-state index contributed by atoms with van der Waals surface area (Å²) in [5.74, 6) is -0.307. The van der Waals surface area contributed by atoms with Crippen molar-refractivity contribution in [2.24, 2.45) is 0 Å². The fraction of sp³-hybridized carbons (Fsp3) is 0.727. The number of ether oxygens (including phenoxy) is 1. The lowest BCUT2D eigenvalue weighted by Gasteiger charge is -2.24. The zero-order chi connectivity index (χ0) is 11.9. The van der Waals surface area contributed by atoms with E-state index in [1.54, 1.807) is 14.0 Å². The highest BCUT2D eigenvalue weighted by molar-refractivity contribution is 6.72. The zero-order valence-corrected chi connectivity index (χ0v) is 11.3. The van der Waals surface area contributed by atoms with Crippen LogP contribution >= 0.6 is 0 Å². The molecule has 0 aliphatic carbocycles. The fourth-order valence-electron chi connectivity index (χ4n) is 1.34. The predicted molar refractivity (Wildman–Crippen MR) is 64.3 cm³/mol. The topological polar surface area (TPSA) is 35.5 Å². The first kappa shape index (κ1) is 14.4. The highest BCUT2D eigenvalue weighted by Gasteiger charge is 2.26. The fourth-order valence-corrected chi connectivity index (χ4v) is 3.59. The van der Waals surface area contributed by atoms with Gasteiger partial charge in [0.15, 0.2) is 8.32 Å². The van der Waals surface area contributed by atoms with E-state index in [0.29, 0.717) is 12.2 Å². The van der Waals surface area contributed by atoms with Gasteiger partial charge in [-0.25, -0.2) is 4.79 Å². The van der Waals surface area contributed by atoms with E-state index < -0.39 is 8.32 Å². The van der Waals surface area contributed by atoms with Gasteiger partial charge in [0.25, 0.3) is 0 Å². The molecule has 0 aromatic carbocycles. The molecule has 4 heteroatoms. The molecular weight excluding hydrogens is 208 g/mol. The Morgan fingerprint density at radius 3 is 2.40 bits per heavy atom. The minimum atomic E-state index is -1.63. The SMILES string of the molecule is C=C(C)C(=O)OCC[Si](C)(CCC)OC. The van der Waals surface area contributed by atoms with E-state index in [9.17, 15) is 4.79 Å². The molecule has 0 bridgehead atoms. The molecule has 0 N–H and O–H groups in total. The van der Waals surface area contributed by atoms with Gasteiger partial charge >= 0.3 is 5.97 Å². The van der Waals surface area contributed by atoms with Crippen LogP contribution in [0.2, 0.25) is 18.6 Å². The van der Waals surface area contributed by atoms with Crippen LogP contribution in [-0.2, 0) is 14.0 Å². The van der Waals surface area contributed by atoms with Gasteiger partial charge in [0.1, 0.15) is 0 Å². The van der Waals surface area contributed by atoms with E-state index in [0.717, 1.165) is 18.5 Å². The number of rotatable bonds is 7. The normalized spacial score (nSPS) is 14.4. The summed E-state index contributed by atoms with van der Waals surface area (Å²) in [6.45, 7) is 9.95. The molecule has 0 aromatic rings. The number of hydrogen-bond donors (Lipinski definition) is 0. The standard InChI is InChI=1S/C11H22O3Si/c1-6-8-15(5,13-4)9-7-14-11(12)10(2)3/h2,6-9H2,1,3-5H3. The summed E-state index contributed by atoms with van der Waals surface area (Å²) < 4.78 is 10.6. The Kier molecular flexibility index (Phi) is 6.52. The van der Waals surface area contributed by atoms with Crippen LogP contribution in [0, 0.1) is 0 Å². The molecule has 0 fully saturated rings. The molecule has 3 nitrogen and oxygen atoms in total. The summed E-state index contributed by atoms with van der Waals surface area (Å²) in [7, 11) is 0.121. The van der Waals surface area contributed by atoms with E-state index in [-0.39, 0.29) is 5.97 Å². The molecule has 0 saturated carbocycles. The molecule has 88 valence electrons. The van der Waals surface area contributed by atoms with Crippen molar-refractivity contribution >= 4 is 14.3 Å². The van der Waals surface area contributed by atoms with Crippen LogP contribution in [0.5, 0.6) is 0 Å². The summed E-state index contributed by atoms with van der Waals surface area (Å²) in [6.07, 6.45) is 1.12. The lowest BCUT2D eigenvalue weighted by atomic mass is 10.4. The summed E-state index contributed by atoms with van der Waals surface area (Å²) in [5.41, 5.74) is 0.450. The molecule has 0 amide bonds.